The summed E-state index contributed by atoms with van der Waals surface area (Å²) in [5.74, 6) is -0.558. The number of rotatable bonds is 6. The van der Waals surface area contributed by atoms with Crippen molar-refractivity contribution < 1.29 is 18.7 Å². The number of H-pyrrole nitrogens is 1. The number of nitrogens with one attached hydrogen (secondary N) is 1. The molecule has 1 aliphatic rings. The van der Waals surface area contributed by atoms with Gasteiger partial charge in [0.05, 0.1) is 5.52 Å². The van der Waals surface area contributed by atoms with Gasteiger partial charge in [0.2, 0.25) is 0 Å². The van der Waals surface area contributed by atoms with Crippen molar-refractivity contribution in [1.29, 1.82) is 0 Å². The zero-order chi connectivity index (χ0) is 21.8. The van der Waals surface area contributed by atoms with Crippen molar-refractivity contribution in [2.75, 3.05) is 32.7 Å². The summed E-state index contributed by atoms with van der Waals surface area (Å²) in [6.07, 6.45) is -0.00340. The third-order valence-corrected chi connectivity index (χ3v) is 5.51. The predicted molar refractivity (Wildman–Crippen MR) is 115 cm³/mol. The number of hydrogen-bond acceptors (Lipinski definition) is 6. The highest BCUT2D eigenvalue weighted by molar-refractivity contribution is 6.30. The molecule has 1 saturated heterocycles. The first-order valence-corrected chi connectivity index (χ1v) is 10.4. The molecule has 3 aromatic rings. The fourth-order valence-electron chi connectivity index (χ4n) is 3.54. The first-order valence-electron chi connectivity index (χ1n) is 10.0. The van der Waals surface area contributed by atoms with Gasteiger partial charge in [-0.2, -0.15) is 0 Å². The van der Waals surface area contributed by atoms with Crippen LogP contribution < -0.4 is 5.76 Å². The molecular weight excluding hydrogens is 422 g/mol. The van der Waals surface area contributed by atoms with Gasteiger partial charge in [-0.25, -0.2) is 9.59 Å². The topological polar surface area (TPSA) is 95.9 Å². The number of fused-ring (bicyclic) bond motifs is 1. The van der Waals surface area contributed by atoms with E-state index in [2.05, 4.69) is 9.88 Å². The third kappa shape index (κ3) is 5.34. The quantitative estimate of drug-likeness (QED) is 0.587. The van der Waals surface area contributed by atoms with E-state index in [0.29, 0.717) is 60.8 Å². The predicted octanol–water partition coefficient (Wildman–Crippen LogP) is 3.30. The highest BCUT2D eigenvalue weighted by atomic mass is 35.5. The van der Waals surface area contributed by atoms with E-state index in [1.54, 1.807) is 35.2 Å². The molecule has 1 aliphatic heterocycles. The minimum atomic E-state index is -0.538. The van der Waals surface area contributed by atoms with Gasteiger partial charge in [-0.15, -0.1) is 0 Å². The van der Waals surface area contributed by atoms with Gasteiger partial charge in [0.25, 0.3) is 0 Å². The van der Waals surface area contributed by atoms with Crippen molar-refractivity contribution in [3.63, 3.8) is 0 Å². The third-order valence-electron chi connectivity index (χ3n) is 5.28. The Morgan fingerprint density at radius 1 is 1.10 bits per heavy atom. The summed E-state index contributed by atoms with van der Waals surface area (Å²) in [5.41, 5.74) is 2.30. The van der Waals surface area contributed by atoms with Crippen LogP contribution in [0.15, 0.2) is 51.7 Å². The number of carbonyl (C=O) groups excluding carboxylic acids is 2. The highest BCUT2D eigenvalue weighted by Gasteiger charge is 2.22. The number of amides is 1. The molecule has 2 aromatic carbocycles. The van der Waals surface area contributed by atoms with Crippen LogP contribution in [-0.4, -0.2) is 59.4 Å². The van der Waals surface area contributed by atoms with Crippen LogP contribution in [0.5, 0.6) is 0 Å². The Morgan fingerprint density at radius 3 is 2.68 bits per heavy atom. The molecule has 0 aliphatic carbocycles. The molecule has 162 valence electrons. The molecule has 0 radical (unpaired) electrons. The lowest BCUT2D eigenvalue weighted by Crippen LogP contribution is -2.49. The maximum absolute atomic E-state index is 12.5. The summed E-state index contributed by atoms with van der Waals surface area (Å²) in [6.45, 7) is 3.21. The number of aromatic nitrogens is 1. The number of piperazine rings is 1. The maximum Gasteiger partial charge on any atom is 0.417 e. The summed E-state index contributed by atoms with van der Waals surface area (Å²) in [4.78, 5) is 42.4. The standard InChI is InChI=1S/C22H22ClN3O5/c23-17-3-1-2-15(12-17)14-30-22(29)26-10-8-25(9-11-26)7-6-19(27)16-4-5-18-20(13-16)31-21(28)24-18/h1-5,12-13H,6-11,14H2,(H,24,28). The lowest BCUT2D eigenvalue weighted by molar-refractivity contribution is 0.0697. The number of benzene rings is 2. The van der Waals surface area contributed by atoms with Crippen LogP contribution in [0.2, 0.25) is 5.02 Å². The zero-order valence-corrected chi connectivity index (χ0v) is 17.6. The molecule has 1 aromatic heterocycles. The monoisotopic (exact) mass is 443 g/mol. The van der Waals surface area contributed by atoms with Crippen LogP contribution in [-0.2, 0) is 11.3 Å². The number of carbonyl (C=O) groups is 2. The highest BCUT2D eigenvalue weighted by Crippen LogP contribution is 2.15. The van der Waals surface area contributed by atoms with Gasteiger partial charge in [0, 0.05) is 49.7 Å². The smallest absolute Gasteiger partial charge is 0.417 e. The van der Waals surface area contributed by atoms with E-state index in [4.69, 9.17) is 20.8 Å². The van der Waals surface area contributed by atoms with Gasteiger partial charge in [-0.1, -0.05) is 23.7 Å². The summed E-state index contributed by atoms with van der Waals surface area (Å²) < 4.78 is 10.4. The van der Waals surface area contributed by atoms with Crippen LogP contribution in [0.25, 0.3) is 11.1 Å². The van der Waals surface area contributed by atoms with Crippen molar-refractivity contribution >= 4 is 34.6 Å². The number of oxazole rings is 1. The van der Waals surface area contributed by atoms with E-state index in [-0.39, 0.29) is 18.5 Å². The van der Waals surface area contributed by atoms with Crippen LogP contribution in [0.1, 0.15) is 22.3 Å². The number of halogens is 1. The van der Waals surface area contributed by atoms with Gasteiger partial charge >= 0.3 is 11.8 Å². The molecule has 31 heavy (non-hydrogen) atoms. The van der Waals surface area contributed by atoms with E-state index in [0.717, 1.165) is 5.56 Å². The number of hydrogen-bond donors (Lipinski definition) is 1. The molecule has 0 atom stereocenters. The minimum absolute atomic E-state index is 0.0193. The fourth-order valence-corrected chi connectivity index (χ4v) is 3.75. The maximum atomic E-state index is 12.5. The van der Waals surface area contributed by atoms with E-state index < -0.39 is 5.76 Å². The molecule has 1 amide bonds. The number of ether oxygens (including phenoxy) is 1. The largest absolute Gasteiger partial charge is 0.445 e. The van der Waals surface area contributed by atoms with E-state index in [1.807, 2.05) is 12.1 Å². The molecule has 1 fully saturated rings. The van der Waals surface area contributed by atoms with Crippen LogP contribution in [0.4, 0.5) is 4.79 Å². The molecule has 4 rings (SSSR count). The summed E-state index contributed by atoms with van der Waals surface area (Å²) in [6, 6.07) is 12.2. The lowest BCUT2D eigenvalue weighted by Gasteiger charge is -2.33. The number of ketones is 1. The first-order chi connectivity index (χ1) is 15.0. The number of nitrogens with zero attached hydrogens (tertiary/aromatic N) is 2. The molecule has 8 nitrogen and oxygen atoms in total. The number of aromatic amines is 1. The summed E-state index contributed by atoms with van der Waals surface area (Å²) >= 11 is 5.94. The SMILES string of the molecule is O=C(CCN1CCN(C(=O)OCc2cccc(Cl)c2)CC1)c1ccc2[nH]c(=O)oc2c1. The van der Waals surface area contributed by atoms with Crippen LogP contribution in [0, 0.1) is 0 Å². The van der Waals surface area contributed by atoms with E-state index in [1.165, 1.54) is 0 Å². The van der Waals surface area contributed by atoms with Gasteiger partial charge in [0.1, 0.15) is 6.61 Å². The Labute approximate surface area is 183 Å². The van der Waals surface area contributed by atoms with E-state index in [9.17, 15) is 14.4 Å². The average Bonchev–Trinajstić information content (AvgIpc) is 3.15. The van der Waals surface area contributed by atoms with Gasteiger partial charge in [-0.3, -0.25) is 14.7 Å². The Bertz CT molecular complexity index is 1150. The van der Waals surface area contributed by atoms with Crippen LogP contribution >= 0.6 is 11.6 Å². The van der Waals surface area contributed by atoms with Crippen molar-refractivity contribution in [1.82, 2.24) is 14.8 Å². The first kappa shape index (κ1) is 21.1. The van der Waals surface area contributed by atoms with Crippen molar-refractivity contribution in [2.45, 2.75) is 13.0 Å². The van der Waals surface area contributed by atoms with Crippen LogP contribution in [0.3, 0.4) is 0 Å². The fraction of sp³-hybridized carbons (Fsp3) is 0.318. The summed E-state index contributed by atoms with van der Waals surface area (Å²) in [5, 5.41) is 0.606. The second-order valence-corrected chi connectivity index (χ2v) is 7.85. The zero-order valence-electron chi connectivity index (χ0n) is 16.8. The normalized spacial score (nSPS) is 14.7. The van der Waals surface area contributed by atoms with Crippen molar-refractivity contribution in [2.24, 2.45) is 0 Å². The lowest BCUT2D eigenvalue weighted by atomic mass is 10.1. The molecule has 9 heteroatoms. The average molecular weight is 444 g/mol. The molecule has 0 bridgehead atoms. The molecule has 0 unspecified atom stereocenters. The Kier molecular flexibility index (Phi) is 6.39. The Morgan fingerprint density at radius 2 is 1.90 bits per heavy atom. The molecule has 0 saturated carbocycles. The minimum Gasteiger partial charge on any atom is -0.445 e. The molecular formula is C22H22ClN3O5. The van der Waals surface area contributed by atoms with Gasteiger partial charge in [0.15, 0.2) is 11.4 Å². The second-order valence-electron chi connectivity index (χ2n) is 7.41. The Hall–Kier alpha value is -3.10. The summed E-state index contributed by atoms with van der Waals surface area (Å²) in [7, 11) is 0. The van der Waals surface area contributed by atoms with Crippen molar-refractivity contribution in [3.05, 3.63) is 69.2 Å². The molecule has 0 spiro atoms. The second kappa shape index (κ2) is 9.36. The van der Waals surface area contributed by atoms with E-state index >= 15 is 0 Å². The van der Waals surface area contributed by atoms with Gasteiger partial charge in [-0.05, 0) is 35.9 Å². The Balaban J connectivity index is 1.21. The number of Topliss-reactive ketones (excluding diaryl/α,β-unsaturated/α-hetero) is 1. The molecule has 2 heterocycles. The molecule has 1 N–H and O–H groups in total. The van der Waals surface area contributed by atoms with Crippen molar-refractivity contribution in [3.8, 4) is 0 Å². The van der Waals surface area contributed by atoms with Gasteiger partial charge < -0.3 is 14.1 Å².